The molecule has 2 rings (SSSR count). The van der Waals surface area contributed by atoms with E-state index in [0.717, 1.165) is 10.0 Å². The van der Waals surface area contributed by atoms with E-state index in [9.17, 15) is 9.59 Å². The van der Waals surface area contributed by atoms with Crippen LogP contribution in [0.1, 0.15) is 52.7 Å². The minimum Gasteiger partial charge on any atom is -0.483 e. The first kappa shape index (κ1) is 24.9. The fraction of sp³-hybridized carbons (Fsp3) is 0.440. The van der Waals surface area contributed by atoms with E-state index >= 15 is 0 Å². The van der Waals surface area contributed by atoms with Gasteiger partial charge in [-0.05, 0) is 65.4 Å². The predicted molar refractivity (Wildman–Crippen MR) is 128 cm³/mol. The van der Waals surface area contributed by atoms with Crippen LogP contribution in [0.25, 0.3) is 0 Å². The average molecular weight is 489 g/mol. The number of amides is 2. The first-order chi connectivity index (χ1) is 14.5. The number of nitrogens with zero attached hydrogens (tertiary/aromatic N) is 1. The summed E-state index contributed by atoms with van der Waals surface area (Å²) in [6.07, 6.45) is 0. The van der Waals surface area contributed by atoms with E-state index < -0.39 is 6.04 Å². The Kier molecular flexibility index (Phi) is 8.69. The van der Waals surface area contributed by atoms with Crippen LogP contribution in [0.15, 0.2) is 53.0 Å². The predicted octanol–water partition coefficient (Wildman–Crippen LogP) is 5.07. The molecule has 1 atom stereocenters. The van der Waals surface area contributed by atoms with E-state index in [0.29, 0.717) is 12.3 Å². The number of hydrogen-bond donors (Lipinski definition) is 1. The summed E-state index contributed by atoms with van der Waals surface area (Å²) in [6, 6.07) is 14.9. The molecule has 2 amide bonds. The van der Waals surface area contributed by atoms with Crippen LogP contribution >= 0.6 is 15.9 Å². The lowest BCUT2D eigenvalue weighted by Gasteiger charge is -2.29. The number of hydrogen-bond acceptors (Lipinski definition) is 3. The topological polar surface area (TPSA) is 58.6 Å². The zero-order chi connectivity index (χ0) is 23.2. The first-order valence-electron chi connectivity index (χ1n) is 10.6. The third-order valence-electron chi connectivity index (χ3n) is 4.94. The van der Waals surface area contributed by atoms with Crippen molar-refractivity contribution in [1.82, 2.24) is 10.2 Å². The summed E-state index contributed by atoms with van der Waals surface area (Å²) in [5.41, 5.74) is 2.14. The Hall–Kier alpha value is -2.34. The van der Waals surface area contributed by atoms with Crippen LogP contribution < -0.4 is 10.1 Å². The van der Waals surface area contributed by atoms with Crippen LogP contribution in [0.4, 0.5) is 0 Å². The summed E-state index contributed by atoms with van der Waals surface area (Å²) in [5, 5.41) is 2.89. The van der Waals surface area contributed by atoms with Gasteiger partial charge in [0.1, 0.15) is 11.8 Å². The number of carbonyl (C=O) groups excluding carboxylic acids is 2. The molecule has 0 saturated heterocycles. The van der Waals surface area contributed by atoms with Gasteiger partial charge in [-0.1, -0.05) is 57.2 Å². The molecule has 1 N–H and O–H groups in total. The summed E-state index contributed by atoms with van der Waals surface area (Å²) < 4.78 is 6.63. The lowest BCUT2D eigenvalue weighted by atomic mass is 9.87. The number of ether oxygens (including phenoxy) is 1. The highest BCUT2D eigenvalue weighted by Crippen LogP contribution is 2.31. The zero-order valence-corrected chi connectivity index (χ0v) is 20.8. The second-order valence-electron chi connectivity index (χ2n) is 9.03. The van der Waals surface area contributed by atoms with E-state index in [1.807, 2.05) is 62.4 Å². The van der Waals surface area contributed by atoms with Crippen molar-refractivity contribution < 1.29 is 14.3 Å². The van der Waals surface area contributed by atoms with Gasteiger partial charge < -0.3 is 15.0 Å². The van der Waals surface area contributed by atoms with Crippen LogP contribution in [0.3, 0.4) is 0 Å². The SMILES string of the molecule is CC(C)NC(=O)C(C)N(Cc1ccccc1)C(=O)COc1ccc(C(C)(C)C)cc1Br. The van der Waals surface area contributed by atoms with Gasteiger partial charge in [-0.15, -0.1) is 0 Å². The van der Waals surface area contributed by atoms with E-state index in [4.69, 9.17) is 4.74 Å². The number of nitrogens with one attached hydrogen (secondary N) is 1. The zero-order valence-electron chi connectivity index (χ0n) is 19.2. The highest BCUT2D eigenvalue weighted by molar-refractivity contribution is 9.10. The van der Waals surface area contributed by atoms with Gasteiger partial charge >= 0.3 is 0 Å². The van der Waals surface area contributed by atoms with Crippen molar-refractivity contribution in [3.63, 3.8) is 0 Å². The molecule has 6 heteroatoms. The second-order valence-corrected chi connectivity index (χ2v) is 9.88. The van der Waals surface area contributed by atoms with E-state index in [1.54, 1.807) is 11.8 Å². The molecule has 0 aliphatic heterocycles. The Morgan fingerprint density at radius 1 is 1.06 bits per heavy atom. The summed E-state index contributed by atoms with van der Waals surface area (Å²) >= 11 is 3.55. The number of halogens is 1. The second kappa shape index (κ2) is 10.8. The Morgan fingerprint density at radius 3 is 2.26 bits per heavy atom. The highest BCUT2D eigenvalue weighted by Gasteiger charge is 2.27. The number of rotatable bonds is 8. The van der Waals surface area contributed by atoms with Gasteiger partial charge in [0.05, 0.1) is 4.47 Å². The molecular formula is C25H33BrN2O3. The molecule has 0 saturated carbocycles. The third-order valence-corrected chi connectivity index (χ3v) is 5.56. The highest BCUT2D eigenvalue weighted by atomic mass is 79.9. The molecule has 5 nitrogen and oxygen atoms in total. The third kappa shape index (κ3) is 7.39. The van der Waals surface area contributed by atoms with Crippen LogP contribution in [0.5, 0.6) is 5.75 Å². The molecule has 0 aliphatic carbocycles. The van der Waals surface area contributed by atoms with Gasteiger partial charge in [-0.2, -0.15) is 0 Å². The summed E-state index contributed by atoms with van der Waals surface area (Å²) in [7, 11) is 0. The number of benzene rings is 2. The first-order valence-corrected chi connectivity index (χ1v) is 11.3. The standard InChI is InChI=1S/C25H33BrN2O3/c1-17(2)27-24(30)18(3)28(15-19-10-8-7-9-11-19)23(29)16-31-22-13-12-20(14-21(22)26)25(4,5)6/h7-14,17-18H,15-16H2,1-6H3,(H,27,30). The molecular weight excluding hydrogens is 456 g/mol. The number of carbonyl (C=O) groups is 2. The van der Waals surface area contributed by atoms with Crippen LogP contribution in [0.2, 0.25) is 0 Å². The minimum absolute atomic E-state index is 0.00263. The average Bonchev–Trinajstić information content (AvgIpc) is 2.70. The molecule has 31 heavy (non-hydrogen) atoms. The van der Waals surface area contributed by atoms with Gasteiger partial charge in [0.2, 0.25) is 5.91 Å². The molecule has 0 spiro atoms. The maximum Gasteiger partial charge on any atom is 0.261 e. The van der Waals surface area contributed by atoms with Gasteiger partial charge in [0.15, 0.2) is 6.61 Å². The Labute approximate surface area is 194 Å². The monoisotopic (exact) mass is 488 g/mol. The Bertz CT molecular complexity index is 891. The van der Waals surface area contributed by atoms with Crippen LogP contribution in [0, 0.1) is 0 Å². The van der Waals surface area contributed by atoms with Crippen LogP contribution in [-0.4, -0.2) is 35.4 Å². The maximum atomic E-state index is 13.1. The Morgan fingerprint density at radius 2 is 1.71 bits per heavy atom. The van der Waals surface area contributed by atoms with Crippen molar-refractivity contribution >= 4 is 27.7 Å². The summed E-state index contributed by atoms with van der Waals surface area (Å²) in [6.45, 7) is 12.1. The van der Waals surface area contributed by atoms with Crippen molar-refractivity contribution in [3.05, 3.63) is 64.1 Å². The van der Waals surface area contributed by atoms with Crippen molar-refractivity contribution in [2.75, 3.05) is 6.61 Å². The lowest BCUT2D eigenvalue weighted by Crippen LogP contribution is -2.50. The van der Waals surface area contributed by atoms with Crippen molar-refractivity contribution in [1.29, 1.82) is 0 Å². The van der Waals surface area contributed by atoms with Gasteiger partial charge in [-0.3, -0.25) is 9.59 Å². The molecule has 0 bridgehead atoms. The normalized spacial score (nSPS) is 12.4. The van der Waals surface area contributed by atoms with Crippen LogP contribution in [-0.2, 0) is 21.5 Å². The molecule has 0 heterocycles. The maximum absolute atomic E-state index is 13.1. The molecule has 168 valence electrons. The fourth-order valence-corrected chi connectivity index (χ4v) is 3.57. The van der Waals surface area contributed by atoms with Gasteiger partial charge in [0.25, 0.3) is 5.91 Å². The van der Waals surface area contributed by atoms with Crippen molar-refractivity contribution in [2.45, 2.75) is 65.6 Å². The van der Waals surface area contributed by atoms with Gasteiger partial charge in [0, 0.05) is 12.6 Å². The van der Waals surface area contributed by atoms with Gasteiger partial charge in [-0.25, -0.2) is 0 Å². The van der Waals surface area contributed by atoms with Crippen molar-refractivity contribution in [3.8, 4) is 5.75 Å². The van der Waals surface area contributed by atoms with E-state index in [2.05, 4.69) is 42.0 Å². The van der Waals surface area contributed by atoms with E-state index in [-0.39, 0.29) is 29.9 Å². The summed E-state index contributed by atoms with van der Waals surface area (Å²) in [4.78, 5) is 27.3. The molecule has 0 aliphatic rings. The van der Waals surface area contributed by atoms with Crippen molar-refractivity contribution in [2.24, 2.45) is 0 Å². The molecule has 2 aromatic carbocycles. The molecule has 0 aromatic heterocycles. The largest absolute Gasteiger partial charge is 0.483 e. The fourth-order valence-electron chi connectivity index (χ4n) is 3.07. The summed E-state index contributed by atoms with van der Waals surface area (Å²) in [5.74, 6) is 0.164. The smallest absolute Gasteiger partial charge is 0.261 e. The Balaban J connectivity index is 2.16. The molecule has 0 radical (unpaired) electrons. The molecule has 1 unspecified atom stereocenters. The molecule has 2 aromatic rings. The minimum atomic E-state index is -0.620. The quantitative estimate of drug-likeness (QED) is 0.564. The molecule has 0 fully saturated rings. The van der Waals surface area contributed by atoms with E-state index in [1.165, 1.54) is 5.56 Å². The lowest BCUT2D eigenvalue weighted by molar-refractivity contribution is -0.142.